The zero-order valence-corrected chi connectivity index (χ0v) is 21.2. The lowest BCUT2D eigenvalue weighted by atomic mass is 10.1. The van der Waals surface area contributed by atoms with E-state index in [0.717, 1.165) is 28.8 Å². The molecule has 2 heterocycles. The number of nitrogens with one attached hydrogen (secondary N) is 1. The van der Waals surface area contributed by atoms with E-state index in [9.17, 15) is 9.59 Å². The van der Waals surface area contributed by atoms with E-state index in [1.54, 1.807) is 6.07 Å². The fourth-order valence-corrected chi connectivity index (χ4v) is 4.31. The second-order valence-corrected chi connectivity index (χ2v) is 9.63. The molecule has 0 aliphatic carbocycles. The summed E-state index contributed by atoms with van der Waals surface area (Å²) in [6, 6.07) is 16.7. The highest BCUT2D eigenvalue weighted by molar-refractivity contribution is 8.15. The van der Waals surface area contributed by atoms with Crippen molar-refractivity contribution in [2.45, 2.75) is 31.6 Å². The summed E-state index contributed by atoms with van der Waals surface area (Å²) in [6.07, 6.45) is 2.07. The zero-order chi connectivity index (χ0) is 25.5. The standard InChI is InChI=1S/C26H28N4O5S/c1-17(2)34-20-8-10-21(11-9-20)35-24-15-23(27-16-28-24)30(3)12-13-33-19-6-4-18(5-7-19)14-22-25(31)29-26(32)36-22/h4-11,15-17,22H,12-14H2,1-3H3,(H,29,31,32). The molecule has 0 radical (unpaired) electrons. The van der Waals surface area contributed by atoms with Crippen LogP contribution in [0.15, 0.2) is 60.9 Å². The molecule has 4 rings (SSSR count). The predicted molar refractivity (Wildman–Crippen MR) is 138 cm³/mol. The van der Waals surface area contributed by atoms with Gasteiger partial charge >= 0.3 is 0 Å². The maximum atomic E-state index is 11.7. The lowest BCUT2D eigenvalue weighted by molar-refractivity contribution is -0.118. The summed E-state index contributed by atoms with van der Waals surface area (Å²) < 4.78 is 17.4. The SMILES string of the molecule is CC(C)Oc1ccc(Oc2cc(N(C)CCOc3ccc(CC4SC(=O)NC4=O)cc3)ncn2)cc1. The summed E-state index contributed by atoms with van der Waals surface area (Å²) in [6.45, 7) is 5.01. The minimum atomic E-state index is -0.377. The highest BCUT2D eigenvalue weighted by Crippen LogP contribution is 2.25. The molecule has 1 atom stereocenters. The number of anilines is 1. The number of benzene rings is 2. The Morgan fingerprint density at radius 2 is 1.69 bits per heavy atom. The lowest BCUT2D eigenvalue weighted by Crippen LogP contribution is -2.25. The summed E-state index contributed by atoms with van der Waals surface area (Å²) in [5.74, 6) is 3.08. The Labute approximate surface area is 214 Å². The topological polar surface area (TPSA) is 103 Å². The smallest absolute Gasteiger partial charge is 0.286 e. The number of imide groups is 1. The van der Waals surface area contributed by atoms with Gasteiger partial charge in [0.25, 0.3) is 5.24 Å². The van der Waals surface area contributed by atoms with E-state index in [4.69, 9.17) is 14.2 Å². The number of nitrogens with zero attached hydrogens (tertiary/aromatic N) is 3. The first-order valence-corrected chi connectivity index (χ1v) is 12.4. The molecule has 9 nitrogen and oxygen atoms in total. The van der Waals surface area contributed by atoms with Crippen LogP contribution >= 0.6 is 11.8 Å². The highest BCUT2D eigenvalue weighted by Gasteiger charge is 2.31. The van der Waals surface area contributed by atoms with E-state index in [-0.39, 0.29) is 22.5 Å². The van der Waals surface area contributed by atoms with Crippen LogP contribution in [0.25, 0.3) is 0 Å². The second-order valence-electron chi connectivity index (χ2n) is 8.46. The monoisotopic (exact) mass is 508 g/mol. The summed E-state index contributed by atoms with van der Waals surface area (Å²) >= 11 is 1.03. The van der Waals surface area contributed by atoms with Crippen molar-refractivity contribution in [3.63, 3.8) is 0 Å². The zero-order valence-electron chi connectivity index (χ0n) is 20.3. The fourth-order valence-electron chi connectivity index (χ4n) is 3.45. The predicted octanol–water partition coefficient (Wildman–Crippen LogP) is 4.47. The van der Waals surface area contributed by atoms with E-state index in [1.807, 2.05) is 74.3 Å². The van der Waals surface area contributed by atoms with Gasteiger partial charge in [-0.2, -0.15) is 0 Å². The minimum absolute atomic E-state index is 0.110. The minimum Gasteiger partial charge on any atom is -0.492 e. The van der Waals surface area contributed by atoms with Crippen LogP contribution < -0.4 is 24.4 Å². The summed E-state index contributed by atoms with van der Waals surface area (Å²) in [7, 11) is 1.92. The molecule has 3 aromatic rings. The van der Waals surface area contributed by atoms with E-state index in [2.05, 4.69) is 15.3 Å². The Bertz CT molecular complexity index is 1190. The quantitative estimate of drug-likeness (QED) is 0.402. The Balaban J connectivity index is 1.25. The van der Waals surface area contributed by atoms with Gasteiger partial charge in [-0.05, 0) is 62.2 Å². The first-order valence-electron chi connectivity index (χ1n) is 11.6. The van der Waals surface area contributed by atoms with Gasteiger partial charge in [-0.3, -0.25) is 14.9 Å². The summed E-state index contributed by atoms with van der Waals surface area (Å²) in [5.41, 5.74) is 0.970. The van der Waals surface area contributed by atoms with Crippen LogP contribution in [0.2, 0.25) is 0 Å². The van der Waals surface area contributed by atoms with Gasteiger partial charge in [0.05, 0.1) is 17.9 Å². The lowest BCUT2D eigenvalue weighted by Gasteiger charge is -2.19. The van der Waals surface area contributed by atoms with Gasteiger partial charge in [-0.1, -0.05) is 23.9 Å². The maximum absolute atomic E-state index is 11.7. The molecule has 188 valence electrons. The van der Waals surface area contributed by atoms with Crippen LogP contribution in [0.3, 0.4) is 0 Å². The summed E-state index contributed by atoms with van der Waals surface area (Å²) in [5, 5.41) is 1.64. The molecule has 10 heteroatoms. The molecular weight excluding hydrogens is 480 g/mol. The number of aromatic nitrogens is 2. The number of ether oxygens (including phenoxy) is 3. The molecule has 1 aliphatic heterocycles. The van der Waals surface area contributed by atoms with Crippen molar-refractivity contribution in [1.82, 2.24) is 15.3 Å². The van der Waals surface area contributed by atoms with Gasteiger partial charge in [0.15, 0.2) is 0 Å². The molecule has 2 amide bonds. The Morgan fingerprint density at radius 1 is 1.00 bits per heavy atom. The van der Waals surface area contributed by atoms with Gasteiger partial charge in [-0.25, -0.2) is 9.97 Å². The van der Waals surface area contributed by atoms with Crippen molar-refractivity contribution in [2.75, 3.05) is 25.1 Å². The fraction of sp³-hybridized carbons (Fsp3) is 0.308. The van der Waals surface area contributed by atoms with E-state index >= 15 is 0 Å². The van der Waals surface area contributed by atoms with Crippen LogP contribution in [0, 0.1) is 0 Å². The molecule has 0 saturated carbocycles. The van der Waals surface area contributed by atoms with Crippen molar-refractivity contribution in [2.24, 2.45) is 0 Å². The Hall–Kier alpha value is -3.79. The number of carbonyl (C=O) groups is 2. The maximum Gasteiger partial charge on any atom is 0.286 e. The van der Waals surface area contributed by atoms with Gasteiger partial charge in [0, 0.05) is 13.1 Å². The number of rotatable bonds is 11. The molecule has 0 bridgehead atoms. The van der Waals surface area contributed by atoms with Crippen molar-refractivity contribution >= 4 is 28.7 Å². The molecule has 1 unspecified atom stereocenters. The molecule has 0 spiro atoms. The van der Waals surface area contributed by atoms with E-state index in [1.165, 1.54) is 6.33 Å². The second kappa shape index (κ2) is 11.8. The van der Waals surface area contributed by atoms with Crippen LogP contribution in [-0.4, -0.2) is 52.7 Å². The van der Waals surface area contributed by atoms with Gasteiger partial charge in [0.2, 0.25) is 11.8 Å². The third-order valence-corrected chi connectivity index (χ3v) is 6.22. The highest BCUT2D eigenvalue weighted by atomic mass is 32.2. The van der Waals surface area contributed by atoms with Crippen LogP contribution in [0.4, 0.5) is 10.6 Å². The molecule has 1 aliphatic rings. The first kappa shape index (κ1) is 25.3. The number of hydrogen-bond donors (Lipinski definition) is 1. The molecule has 1 fully saturated rings. The van der Waals surface area contributed by atoms with Crippen molar-refractivity contribution < 1.29 is 23.8 Å². The largest absolute Gasteiger partial charge is 0.492 e. The van der Waals surface area contributed by atoms with Crippen molar-refractivity contribution in [3.05, 3.63) is 66.5 Å². The van der Waals surface area contributed by atoms with Gasteiger partial charge in [-0.15, -0.1) is 0 Å². The average molecular weight is 509 g/mol. The van der Waals surface area contributed by atoms with E-state index < -0.39 is 0 Å². The third kappa shape index (κ3) is 7.11. The number of likely N-dealkylation sites (N-methyl/N-ethyl adjacent to an activating group) is 1. The van der Waals surface area contributed by atoms with Crippen LogP contribution in [0.1, 0.15) is 19.4 Å². The normalized spacial score (nSPS) is 15.1. The first-order chi connectivity index (χ1) is 17.4. The molecule has 1 aromatic heterocycles. The molecule has 36 heavy (non-hydrogen) atoms. The average Bonchev–Trinajstić information content (AvgIpc) is 3.17. The van der Waals surface area contributed by atoms with Crippen LogP contribution in [0.5, 0.6) is 23.1 Å². The number of carbonyl (C=O) groups excluding carboxylic acids is 2. The Kier molecular flexibility index (Phi) is 8.27. The summed E-state index contributed by atoms with van der Waals surface area (Å²) in [4.78, 5) is 33.5. The molecule has 1 saturated heterocycles. The van der Waals surface area contributed by atoms with Crippen molar-refractivity contribution in [3.8, 4) is 23.1 Å². The van der Waals surface area contributed by atoms with E-state index in [0.29, 0.717) is 37.0 Å². The molecular formula is C26H28N4O5S. The number of hydrogen-bond acceptors (Lipinski definition) is 9. The number of thioether (sulfide) groups is 1. The third-order valence-electron chi connectivity index (χ3n) is 5.24. The molecule has 1 N–H and O–H groups in total. The number of amides is 2. The Morgan fingerprint density at radius 3 is 2.36 bits per heavy atom. The molecule has 2 aromatic carbocycles. The van der Waals surface area contributed by atoms with Crippen molar-refractivity contribution in [1.29, 1.82) is 0 Å². The van der Waals surface area contributed by atoms with Gasteiger partial charge < -0.3 is 19.1 Å². The van der Waals surface area contributed by atoms with Gasteiger partial charge in [0.1, 0.15) is 36.0 Å². The van der Waals surface area contributed by atoms with Crippen LogP contribution in [-0.2, 0) is 11.2 Å².